The summed E-state index contributed by atoms with van der Waals surface area (Å²) in [7, 11) is 0. The first kappa shape index (κ1) is 48.7. The van der Waals surface area contributed by atoms with E-state index in [9.17, 15) is 17.6 Å². The van der Waals surface area contributed by atoms with E-state index < -0.39 is 23.3 Å². The summed E-state index contributed by atoms with van der Waals surface area (Å²) in [5.41, 5.74) is 3.68. The van der Waals surface area contributed by atoms with Crippen LogP contribution in [0.1, 0.15) is 179 Å². The van der Waals surface area contributed by atoms with Crippen molar-refractivity contribution in [2.24, 2.45) is 0 Å². The molecule has 8 heteroatoms. The maximum Gasteiger partial charge on any atom is 0.126 e. The van der Waals surface area contributed by atoms with Crippen LogP contribution in [0.4, 0.5) is 17.6 Å². The van der Waals surface area contributed by atoms with Crippen LogP contribution >= 0.6 is 45.3 Å². The van der Waals surface area contributed by atoms with Crippen LogP contribution in [0, 0.1) is 23.3 Å². The average Bonchev–Trinajstić information content (AvgIpc) is 4.04. The number of fused-ring (bicyclic) bond motifs is 1. The minimum absolute atomic E-state index is 0.556. The quantitative estimate of drug-likeness (QED) is 0.0312. The van der Waals surface area contributed by atoms with Gasteiger partial charge in [-0.15, -0.1) is 45.3 Å². The normalized spacial score (nSPS) is 11.8. The van der Waals surface area contributed by atoms with Crippen molar-refractivity contribution in [3.05, 3.63) is 95.1 Å². The Kier molecular flexibility index (Phi) is 20.6. The van der Waals surface area contributed by atoms with Gasteiger partial charge in [-0.3, -0.25) is 0 Å². The lowest BCUT2D eigenvalue weighted by Gasteiger charge is -2.04. The molecule has 0 atom stereocenters. The number of benzene rings is 2. The van der Waals surface area contributed by atoms with Crippen LogP contribution < -0.4 is 0 Å². The summed E-state index contributed by atoms with van der Waals surface area (Å²) in [6, 6.07) is 16.5. The monoisotopic (exact) mass is 920 g/mol. The highest BCUT2D eigenvalue weighted by atomic mass is 32.1. The van der Waals surface area contributed by atoms with E-state index >= 15 is 0 Å². The predicted octanol–water partition coefficient (Wildman–Crippen LogP) is 20.8. The van der Waals surface area contributed by atoms with Crippen molar-refractivity contribution in [3.63, 3.8) is 0 Å². The van der Waals surface area contributed by atoms with E-state index in [1.807, 2.05) is 0 Å². The van der Waals surface area contributed by atoms with Gasteiger partial charge in [-0.2, -0.15) is 0 Å². The van der Waals surface area contributed by atoms with E-state index in [1.54, 1.807) is 45.3 Å². The van der Waals surface area contributed by atoms with Gasteiger partial charge in [0.25, 0.3) is 0 Å². The van der Waals surface area contributed by atoms with Crippen LogP contribution in [0.2, 0.25) is 0 Å². The smallest absolute Gasteiger partial charge is 0.126 e. The summed E-state index contributed by atoms with van der Waals surface area (Å²) < 4.78 is 59.9. The predicted molar refractivity (Wildman–Crippen MR) is 267 cm³/mol. The van der Waals surface area contributed by atoms with Gasteiger partial charge in [0.15, 0.2) is 0 Å². The largest absolute Gasteiger partial charge is 0.207 e. The van der Waals surface area contributed by atoms with Crippen LogP contribution in [0.3, 0.4) is 0 Å². The molecular formula is C54H68F4S4. The highest BCUT2D eigenvalue weighted by Crippen LogP contribution is 2.49. The zero-order chi connectivity index (χ0) is 43.5. The van der Waals surface area contributed by atoms with Gasteiger partial charge in [0.2, 0.25) is 0 Å². The van der Waals surface area contributed by atoms with Crippen molar-refractivity contribution in [3.8, 4) is 40.4 Å². The summed E-state index contributed by atoms with van der Waals surface area (Å²) in [4.78, 5) is 6.57. The summed E-state index contributed by atoms with van der Waals surface area (Å²) >= 11 is 6.84. The third-order valence-corrected chi connectivity index (χ3v) is 17.3. The minimum atomic E-state index is -0.556. The molecule has 0 amide bonds. The second-order valence-electron chi connectivity index (χ2n) is 17.5. The van der Waals surface area contributed by atoms with Gasteiger partial charge in [-0.05, 0) is 96.5 Å². The van der Waals surface area contributed by atoms with E-state index in [2.05, 4.69) is 38.1 Å². The average molecular weight is 921 g/mol. The van der Waals surface area contributed by atoms with E-state index in [0.29, 0.717) is 11.1 Å². The maximum atomic E-state index is 14.4. The van der Waals surface area contributed by atoms with Crippen molar-refractivity contribution in [1.29, 1.82) is 0 Å². The van der Waals surface area contributed by atoms with Crippen LogP contribution in [-0.4, -0.2) is 0 Å². The van der Waals surface area contributed by atoms with Crippen LogP contribution in [0.15, 0.2) is 60.7 Å². The van der Waals surface area contributed by atoms with Gasteiger partial charge in [0.05, 0.1) is 0 Å². The molecule has 2 aromatic carbocycles. The van der Waals surface area contributed by atoms with Crippen molar-refractivity contribution in [2.45, 2.75) is 181 Å². The Bertz CT molecular complexity index is 2000. The Hall–Kier alpha value is -2.78. The molecule has 0 aliphatic rings. The number of hydrogen-bond acceptors (Lipinski definition) is 4. The molecule has 0 aliphatic carbocycles. The molecule has 0 aliphatic heterocycles. The Balaban J connectivity index is 1.13. The topological polar surface area (TPSA) is 0 Å². The maximum absolute atomic E-state index is 14.4. The number of unbranched alkanes of at least 4 members (excludes halogenated alkanes) is 22. The van der Waals surface area contributed by atoms with Crippen molar-refractivity contribution in [2.75, 3.05) is 0 Å². The molecule has 336 valence electrons. The highest BCUT2D eigenvalue weighted by molar-refractivity contribution is 7.34. The Morgan fingerprint density at radius 3 is 0.903 bits per heavy atom. The molecule has 0 radical (unpaired) electrons. The van der Waals surface area contributed by atoms with Gasteiger partial charge < -0.3 is 0 Å². The SMILES string of the molecule is CCCCCCCCCCCCCCc1cc(-c2cc(F)cc(F)c2)sc1-c1cc2sc(-c3sc(-c4cc(F)cc(F)c4)cc3CCCCCCCCCCCCCC)cc2s1. The van der Waals surface area contributed by atoms with Gasteiger partial charge >= 0.3 is 0 Å². The Labute approximate surface area is 386 Å². The van der Waals surface area contributed by atoms with E-state index in [0.717, 1.165) is 47.6 Å². The first-order valence-electron chi connectivity index (χ1n) is 24.0. The molecule has 0 saturated carbocycles. The van der Waals surface area contributed by atoms with Crippen molar-refractivity contribution < 1.29 is 17.6 Å². The summed E-state index contributed by atoms with van der Waals surface area (Å²) in [5.74, 6) is -2.23. The van der Waals surface area contributed by atoms with Crippen LogP contribution in [0.25, 0.3) is 49.8 Å². The summed E-state index contributed by atoms with van der Waals surface area (Å²) in [6.45, 7) is 4.54. The Morgan fingerprint density at radius 1 is 0.306 bits per heavy atom. The molecule has 62 heavy (non-hydrogen) atoms. The fourth-order valence-corrected chi connectivity index (χ4v) is 13.8. The molecule has 0 saturated heterocycles. The number of rotatable bonds is 30. The van der Waals surface area contributed by atoms with Crippen molar-refractivity contribution >= 4 is 54.7 Å². The third kappa shape index (κ3) is 15.2. The standard InChI is InChI=1S/C54H68F4S4/c1-3-5-7-9-11-13-15-17-19-21-23-25-27-39-33-47(41-29-43(55)35-44(56)30-41)61-53(39)51-37-49-50(59-51)38-52(60-49)54-40(34-48(62-54)42-31-45(57)36-46(58)32-42)28-26-24-22-20-18-16-14-12-10-8-6-4-2/h29-38H,3-28H2,1-2H3. The number of hydrogen-bond donors (Lipinski definition) is 0. The number of aryl methyl sites for hydroxylation is 2. The molecule has 4 aromatic heterocycles. The minimum Gasteiger partial charge on any atom is -0.207 e. The molecule has 6 aromatic rings. The lowest BCUT2D eigenvalue weighted by Crippen LogP contribution is -1.87. The number of halogens is 4. The zero-order valence-corrected chi connectivity index (χ0v) is 40.6. The fourth-order valence-electron chi connectivity index (χ4n) is 8.70. The molecule has 6 rings (SSSR count). The lowest BCUT2D eigenvalue weighted by molar-refractivity contribution is 0.544. The Morgan fingerprint density at radius 2 is 0.597 bits per heavy atom. The molecule has 0 unspecified atom stereocenters. The van der Waals surface area contributed by atoms with Gasteiger partial charge in [-0.25, -0.2) is 17.6 Å². The van der Waals surface area contributed by atoms with Gasteiger partial charge in [-0.1, -0.05) is 155 Å². The molecule has 0 fully saturated rings. The van der Waals surface area contributed by atoms with E-state index in [-0.39, 0.29) is 0 Å². The zero-order valence-electron chi connectivity index (χ0n) is 37.3. The molecular weight excluding hydrogens is 853 g/mol. The third-order valence-electron chi connectivity index (χ3n) is 12.2. The molecule has 4 heterocycles. The molecule has 0 spiro atoms. The summed E-state index contributed by atoms with van der Waals surface area (Å²) in [5, 5.41) is 0. The lowest BCUT2D eigenvalue weighted by atomic mass is 10.0. The van der Waals surface area contributed by atoms with Gasteiger partial charge in [0.1, 0.15) is 23.3 Å². The van der Waals surface area contributed by atoms with Crippen LogP contribution in [0.5, 0.6) is 0 Å². The van der Waals surface area contributed by atoms with E-state index in [1.165, 1.54) is 206 Å². The molecule has 0 nitrogen and oxygen atoms in total. The first-order chi connectivity index (χ1) is 30.3. The van der Waals surface area contributed by atoms with Gasteiger partial charge in [0, 0.05) is 50.8 Å². The number of thiophene rings is 4. The molecule has 0 N–H and O–H groups in total. The van der Waals surface area contributed by atoms with Crippen LogP contribution in [-0.2, 0) is 12.8 Å². The fraction of sp³-hybridized carbons (Fsp3) is 0.519. The second kappa shape index (κ2) is 26.2. The second-order valence-corrected chi connectivity index (χ2v) is 21.7. The summed E-state index contributed by atoms with van der Waals surface area (Å²) in [6.07, 6.45) is 33.1. The molecule has 0 bridgehead atoms. The van der Waals surface area contributed by atoms with Crippen molar-refractivity contribution in [1.82, 2.24) is 0 Å². The first-order valence-corrected chi connectivity index (χ1v) is 27.3. The van der Waals surface area contributed by atoms with E-state index in [4.69, 9.17) is 0 Å². The highest BCUT2D eigenvalue weighted by Gasteiger charge is 2.20.